The highest BCUT2D eigenvalue weighted by molar-refractivity contribution is 7.83. The maximum absolute atomic E-state index is 13.2. The van der Waals surface area contributed by atoms with Gasteiger partial charge in [-0.15, -0.1) is 0 Å². The Hall–Kier alpha value is -4.11. The first-order chi connectivity index (χ1) is 43.3. The molecule has 20 heteroatoms. The van der Waals surface area contributed by atoms with E-state index in [2.05, 4.69) is 42.8 Å². The first-order valence-corrected chi connectivity index (χ1v) is 35.2. The second-order valence-corrected chi connectivity index (χ2v) is 27.9. The van der Waals surface area contributed by atoms with Crippen molar-refractivity contribution < 1.29 is 55.4 Å². The van der Waals surface area contributed by atoms with E-state index >= 15 is 0 Å². The average molecular weight is 1360 g/mol. The number of alkyl halides is 3. The summed E-state index contributed by atoms with van der Waals surface area (Å²) in [5.41, 5.74) is -2.11. The molecule has 4 aromatic rings. The summed E-state index contributed by atoms with van der Waals surface area (Å²) in [5, 5.41) is 11.5. The molecule has 1 aromatic heterocycles. The Labute approximate surface area is 566 Å². The molecular weight excluding hydrogens is 1240 g/mol. The molecule has 1 atom stereocenters. The third kappa shape index (κ3) is 36.1. The smallest absolute Gasteiger partial charge is 0.485 e. The molecule has 1 unspecified atom stereocenters. The number of nitrogens with one attached hydrogen (secondary N) is 3. The van der Waals surface area contributed by atoms with E-state index < -0.39 is 33.1 Å². The van der Waals surface area contributed by atoms with Gasteiger partial charge >= 0.3 is 5.51 Å². The standard InChI is InChI=1S/C45H57Cl2F3N4O6S.C19H39NO3.4C2H6/c1-43(2,19-15-40(55)51-21-6-25-58-28-27-57-5)59-26-20-44(3,4)60-39-30-33(41(31-7-11-34(46)12-8-31)32-9-13-35(47)14-10-32)29-37-38(16-22-52-42(37)39)53-36-17-23-54(24-18-36)61(56)45(48,49)50;1-17(2,3)10-14-22-13-9-12-20-16(21)19(7,8)11-15-23-18(4,5)6;4*1-2/h7-14,16,22,29-30,36,41H,6,15,17-21,23-28H2,1-5H3,(H,51,55)(H,52,53);9-15H2,1-8H3,(H,20,21);4*1-2H3. The van der Waals surface area contributed by atoms with Gasteiger partial charge in [-0.1, -0.05) is 137 Å². The number of anilines is 1. The summed E-state index contributed by atoms with van der Waals surface area (Å²) in [6.45, 7) is 45.9. The van der Waals surface area contributed by atoms with Crippen molar-refractivity contribution in [1.29, 1.82) is 0 Å². The van der Waals surface area contributed by atoms with E-state index in [4.69, 9.17) is 56.6 Å². The van der Waals surface area contributed by atoms with Crippen molar-refractivity contribution in [2.45, 2.75) is 231 Å². The quantitative estimate of drug-likeness (QED) is 0.0316. The molecule has 1 aliphatic rings. The zero-order chi connectivity index (χ0) is 70.4. The zero-order valence-corrected chi connectivity index (χ0v) is 62.4. The Morgan fingerprint density at radius 1 is 0.630 bits per heavy atom. The lowest BCUT2D eigenvalue weighted by molar-refractivity contribution is -0.131. The van der Waals surface area contributed by atoms with Crippen LogP contribution in [0.2, 0.25) is 10.0 Å². The van der Waals surface area contributed by atoms with Gasteiger partial charge in [-0.25, -0.2) is 8.51 Å². The van der Waals surface area contributed by atoms with Crippen LogP contribution in [0.1, 0.15) is 219 Å². The van der Waals surface area contributed by atoms with Crippen LogP contribution in [-0.4, -0.2) is 133 Å². The molecule has 528 valence electrons. The highest BCUT2D eigenvalue weighted by Gasteiger charge is 2.42. The lowest BCUT2D eigenvalue weighted by Gasteiger charge is -2.32. The summed E-state index contributed by atoms with van der Waals surface area (Å²) < 4.78 is 87.7. The minimum atomic E-state index is -4.80. The van der Waals surface area contributed by atoms with Gasteiger partial charge in [0, 0.05) is 117 Å². The van der Waals surface area contributed by atoms with Crippen LogP contribution in [0.4, 0.5) is 18.9 Å². The van der Waals surface area contributed by atoms with Crippen molar-refractivity contribution in [2.75, 3.05) is 84.9 Å². The summed E-state index contributed by atoms with van der Waals surface area (Å²) in [6.07, 6.45) is 7.15. The highest BCUT2D eigenvalue weighted by atomic mass is 35.5. The largest absolute Gasteiger partial charge is 0.485 e. The number of ether oxygens (including phenoxy) is 6. The third-order valence-electron chi connectivity index (χ3n) is 14.2. The van der Waals surface area contributed by atoms with Crippen molar-refractivity contribution >= 4 is 62.6 Å². The summed E-state index contributed by atoms with van der Waals surface area (Å²) in [6, 6.07) is 21.1. The number of amides is 2. The molecule has 0 bridgehead atoms. The molecule has 5 rings (SSSR count). The van der Waals surface area contributed by atoms with E-state index in [-0.39, 0.29) is 42.5 Å². The zero-order valence-electron chi connectivity index (χ0n) is 60.1. The molecule has 1 fully saturated rings. The van der Waals surface area contributed by atoms with Crippen LogP contribution in [0, 0.1) is 10.8 Å². The van der Waals surface area contributed by atoms with E-state index in [0.29, 0.717) is 112 Å². The van der Waals surface area contributed by atoms with Gasteiger partial charge in [-0.3, -0.25) is 14.6 Å². The summed E-state index contributed by atoms with van der Waals surface area (Å²) in [7, 11) is -1.43. The van der Waals surface area contributed by atoms with E-state index in [0.717, 1.165) is 64.4 Å². The van der Waals surface area contributed by atoms with Gasteiger partial charge in [0.1, 0.15) is 16.9 Å². The van der Waals surface area contributed by atoms with Gasteiger partial charge in [0.05, 0.1) is 31.0 Å². The van der Waals surface area contributed by atoms with Crippen LogP contribution in [0.15, 0.2) is 72.9 Å². The number of fused-ring (bicyclic) bond motifs is 1. The van der Waals surface area contributed by atoms with Gasteiger partial charge in [0.15, 0.2) is 0 Å². The van der Waals surface area contributed by atoms with Crippen LogP contribution in [-0.2, 0) is 44.3 Å². The van der Waals surface area contributed by atoms with Crippen LogP contribution < -0.4 is 20.7 Å². The van der Waals surface area contributed by atoms with Gasteiger partial charge in [-0.2, -0.15) is 13.2 Å². The molecule has 14 nitrogen and oxygen atoms in total. The fourth-order valence-electron chi connectivity index (χ4n) is 9.00. The number of aromatic nitrogens is 1. The second kappa shape index (κ2) is 45.3. The third-order valence-corrected chi connectivity index (χ3v) is 15.9. The fourth-order valence-corrected chi connectivity index (χ4v) is 10.1. The molecule has 3 N–H and O–H groups in total. The second-order valence-electron chi connectivity index (χ2n) is 25.5. The molecule has 92 heavy (non-hydrogen) atoms. The van der Waals surface area contributed by atoms with Gasteiger partial charge in [-0.05, 0) is 158 Å². The number of benzene rings is 3. The number of nitrogens with zero attached hydrogens (tertiary/aromatic N) is 2. The van der Waals surface area contributed by atoms with E-state index in [1.54, 1.807) is 13.3 Å². The summed E-state index contributed by atoms with van der Waals surface area (Å²) in [4.78, 5) is 29.6. The lowest BCUT2D eigenvalue weighted by Crippen LogP contribution is -2.43. The molecule has 0 spiro atoms. The summed E-state index contributed by atoms with van der Waals surface area (Å²) in [5.74, 6) is 0.326. The molecule has 3 aromatic carbocycles. The number of pyridine rings is 1. The van der Waals surface area contributed by atoms with E-state index in [9.17, 15) is 27.0 Å². The molecule has 0 aliphatic carbocycles. The number of methoxy groups -OCH3 is 1. The van der Waals surface area contributed by atoms with E-state index in [1.807, 2.05) is 178 Å². The Kier molecular flexibility index (Phi) is 43.3. The van der Waals surface area contributed by atoms with Gasteiger partial charge in [0.25, 0.3) is 0 Å². The molecule has 0 radical (unpaired) electrons. The van der Waals surface area contributed by atoms with Gasteiger partial charge < -0.3 is 44.4 Å². The van der Waals surface area contributed by atoms with E-state index in [1.165, 1.54) is 0 Å². The number of carbonyl (C=O) groups is 2. The Morgan fingerprint density at radius 2 is 1.15 bits per heavy atom. The SMILES string of the molecule is CC.CC.CC.CC.CC(C)(C)CCOCCCNC(=O)C(C)(C)CCOC(C)(C)C.COCCOCCCNC(=O)CCC(C)(C)OCCC(C)(C)Oc1cc(C(c2ccc(Cl)cc2)c2ccc(Cl)cc2)cc2c(NC3CCN(S(=O)C(F)(F)F)CC3)ccnc12. The first kappa shape index (κ1) is 87.9. The number of piperidine rings is 1. The maximum Gasteiger partial charge on any atom is 0.485 e. The lowest BCUT2D eigenvalue weighted by atomic mass is 9.84. The summed E-state index contributed by atoms with van der Waals surface area (Å²) >= 11 is 12.7. The number of hydrogen-bond donors (Lipinski definition) is 3. The molecular formula is C72H120Cl2F3N5O9S. The van der Waals surface area contributed by atoms with Crippen LogP contribution in [0.25, 0.3) is 10.9 Å². The topological polar surface area (TPSA) is 159 Å². The number of hydrogen-bond acceptors (Lipinski definition) is 11. The predicted molar refractivity (Wildman–Crippen MR) is 379 cm³/mol. The van der Waals surface area contributed by atoms with Crippen molar-refractivity contribution in [3.63, 3.8) is 0 Å². The van der Waals surface area contributed by atoms with Crippen LogP contribution in [0.5, 0.6) is 5.75 Å². The monoisotopic (exact) mass is 1360 g/mol. The van der Waals surface area contributed by atoms with Crippen LogP contribution in [0.3, 0.4) is 0 Å². The maximum atomic E-state index is 13.2. The average Bonchev–Trinajstić information content (AvgIpc) is 0.779. The number of rotatable bonds is 32. The number of halogens is 5. The van der Waals surface area contributed by atoms with Crippen molar-refractivity contribution in [3.05, 3.63) is 99.7 Å². The van der Waals surface area contributed by atoms with Gasteiger partial charge in [0.2, 0.25) is 22.8 Å². The minimum Gasteiger partial charge on any atom is -0.485 e. The van der Waals surface area contributed by atoms with Crippen molar-refractivity contribution in [2.24, 2.45) is 10.8 Å². The number of carbonyl (C=O) groups excluding carboxylic acids is 2. The molecule has 2 heterocycles. The van der Waals surface area contributed by atoms with Crippen molar-refractivity contribution in [3.8, 4) is 5.75 Å². The Bertz CT molecular complexity index is 2600. The molecule has 2 amide bonds. The Morgan fingerprint density at radius 3 is 1.66 bits per heavy atom. The normalized spacial score (nSPS) is 13.5. The molecule has 1 saturated heterocycles. The predicted octanol–water partition coefficient (Wildman–Crippen LogP) is 18.4. The molecule has 0 saturated carbocycles. The van der Waals surface area contributed by atoms with Crippen molar-refractivity contribution in [1.82, 2.24) is 19.9 Å². The first-order valence-electron chi connectivity index (χ1n) is 33.4. The minimum absolute atomic E-state index is 0.0355. The van der Waals surface area contributed by atoms with Crippen LogP contribution >= 0.6 is 23.2 Å². The molecule has 1 aliphatic heterocycles. The Balaban J connectivity index is 0.00000224. The fraction of sp³-hybridized carbons (Fsp3) is 0.681. The highest BCUT2D eigenvalue weighted by Crippen LogP contribution is 2.41.